The molecule has 5 nitrogen and oxygen atoms in total. The van der Waals surface area contributed by atoms with E-state index in [1.54, 1.807) is 0 Å². The van der Waals surface area contributed by atoms with E-state index in [4.69, 9.17) is 0 Å². The fourth-order valence-corrected chi connectivity index (χ4v) is 3.60. The minimum atomic E-state index is 0.0258. The van der Waals surface area contributed by atoms with Crippen LogP contribution in [0.25, 0.3) is 0 Å². The molecule has 0 saturated carbocycles. The second-order valence-corrected chi connectivity index (χ2v) is 7.88. The molecule has 1 unspecified atom stereocenters. The largest absolute Gasteiger partial charge is 0.356 e. The first-order valence-electron chi connectivity index (χ1n) is 10.2. The highest BCUT2D eigenvalue weighted by Gasteiger charge is 2.21. The summed E-state index contributed by atoms with van der Waals surface area (Å²) in [4.78, 5) is 29.0. The second kappa shape index (κ2) is 10.5. The fraction of sp³-hybridized carbons (Fsp3) is 0.636. The molecule has 5 heteroatoms. The highest BCUT2D eigenvalue weighted by atomic mass is 16.2. The van der Waals surface area contributed by atoms with Gasteiger partial charge < -0.3 is 15.1 Å². The van der Waals surface area contributed by atoms with Crippen LogP contribution in [0.1, 0.15) is 50.7 Å². The van der Waals surface area contributed by atoms with E-state index in [9.17, 15) is 9.59 Å². The molecule has 1 fully saturated rings. The van der Waals surface area contributed by atoms with Crippen LogP contribution in [-0.4, -0.2) is 60.9 Å². The van der Waals surface area contributed by atoms with Crippen LogP contribution in [-0.2, 0) is 9.59 Å². The van der Waals surface area contributed by atoms with E-state index in [0.717, 1.165) is 32.7 Å². The van der Waals surface area contributed by atoms with Crippen LogP contribution in [0.5, 0.6) is 0 Å². The number of carbonyl (C=O) groups is 2. The first-order chi connectivity index (χ1) is 12.9. The molecule has 1 aliphatic rings. The van der Waals surface area contributed by atoms with Gasteiger partial charge in [-0.2, -0.15) is 0 Å². The quantitative estimate of drug-likeness (QED) is 0.762. The number of benzene rings is 1. The van der Waals surface area contributed by atoms with E-state index in [2.05, 4.69) is 62.2 Å². The van der Waals surface area contributed by atoms with Gasteiger partial charge in [0.05, 0.1) is 0 Å². The summed E-state index contributed by atoms with van der Waals surface area (Å²) in [6, 6.07) is 8.43. The Labute approximate surface area is 164 Å². The molecule has 1 aromatic carbocycles. The lowest BCUT2D eigenvalue weighted by atomic mass is 9.85. The zero-order chi connectivity index (χ0) is 19.8. The first kappa shape index (κ1) is 21.4. The number of likely N-dealkylation sites (N-methyl/N-ethyl adjacent to an activating group) is 1. The Morgan fingerprint density at radius 3 is 2.26 bits per heavy atom. The molecule has 27 heavy (non-hydrogen) atoms. The molecule has 1 atom stereocenters. The third-order valence-electron chi connectivity index (χ3n) is 5.55. The number of hydrogen-bond donors (Lipinski definition) is 1. The molecule has 2 rings (SSSR count). The summed E-state index contributed by atoms with van der Waals surface area (Å²) >= 11 is 0. The molecule has 0 aliphatic carbocycles. The van der Waals surface area contributed by atoms with Crippen LogP contribution < -0.4 is 5.32 Å². The first-order valence-corrected chi connectivity index (χ1v) is 10.2. The topological polar surface area (TPSA) is 52.6 Å². The summed E-state index contributed by atoms with van der Waals surface area (Å²) in [5, 5.41) is 2.94. The van der Waals surface area contributed by atoms with E-state index in [1.807, 2.05) is 4.90 Å². The van der Waals surface area contributed by atoms with Crippen LogP contribution in [0, 0.1) is 12.8 Å². The van der Waals surface area contributed by atoms with Crippen molar-refractivity contribution in [3.8, 4) is 0 Å². The lowest BCUT2D eigenvalue weighted by Crippen LogP contribution is -2.49. The Balaban J connectivity index is 1.76. The van der Waals surface area contributed by atoms with Gasteiger partial charge >= 0.3 is 0 Å². The van der Waals surface area contributed by atoms with E-state index in [1.165, 1.54) is 11.1 Å². The van der Waals surface area contributed by atoms with Crippen molar-refractivity contribution in [3.63, 3.8) is 0 Å². The van der Waals surface area contributed by atoms with Crippen LogP contribution in [0.2, 0.25) is 0 Å². The van der Waals surface area contributed by atoms with Gasteiger partial charge in [-0.1, -0.05) is 50.6 Å². The zero-order valence-electron chi connectivity index (χ0n) is 17.3. The van der Waals surface area contributed by atoms with Gasteiger partial charge in [0, 0.05) is 45.6 Å². The molecule has 0 bridgehead atoms. The predicted octanol–water partition coefficient (Wildman–Crippen LogP) is 2.80. The third-order valence-corrected chi connectivity index (χ3v) is 5.55. The van der Waals surface area contributed by atoms with Gasteiger partial charge in [-0.3, -0.25) is 9.59 Å². The van der Waals surface area contributed by atoms with Gasteiger partial charge in [-0.25, -0.2) is 0 Å². The van der Waals surface area contributed by atoms with E-state index >= 15 is 0 Å². The number of carbonyl (C=O) groups excluding carboxylic acids is 2. The molecule has 0 aromatic heterocycles. The lowest BCUT2D eigenvalue weighted by Gasteiger charge is -2.34. The van der Waals surface area contributed by atoms with Gasteiger partial charge in [0.25, 0.3) is 0 Å². The van der Waals surface area contributed by atoms with E-state index in [0.29, 0.717) is 25.3 Å². The average Bonchev–Trinajstić information content (AvgIpc) is 2.66. The van der Waals surface area contributed by atoms with Crippen LogP contribution in [0.15, 0.2) is 24.3 Å². The van der Waals surface area contributed by atoms with E-state index in [-0.39, 0.29) is 17.7 Å². The van der Waals surface area contributed by atoms with Gasteiger partial charge in [0.2, 0.25) is 11.8 Å². The van der Waals surface area contributed by atoms with Crippen molar-refractivity contribution in [2.24, 2.45) is 5.92 Å². The van der Waals surface area contributed by atoms with Gasteiger partial charge in [0.15, 0.2) is 0 Å². The monoisotopic (exact) mass is 373 g/mol. The minimum Gasteiger partial charge on any atom is -0.356 e. The standard InChI is InChI=1S/C22H35N3O2/c1-5-24-12-14-25(15-13-24)22(27)10-11-23-21(26)16-20(17(2)3)19-8-6-18(4)7-9-19/h6-9,17,20H,5,10-16H2,1-4H3,(H,23,26). The highest BCUT2D eigenvalue weighted by Crippen LogP contribution is 2.28. The summed E-state index contributed by atoms with van der Waals surface area (Å²) in [5.74, 6) is 0.751. The number of hydrogen-bond acceptors (Lipinski definition) is 3. The number of nitrogens with zero attached hydrogens (tertiary/aromatic N) is 2. The molecule has 1 aromatic rings. The van der Waals surface area contributed by atoms with Crippen LogP contribution >= 0.6 is 0 Å². The van der Waals surface area contributed by atoms with Crippen molar-refractivity contribution in [3.05, 3.63) is 35.4 Å². The molecule has 150 valence electrons. The number of aryl methyl sites for hydroxylation is 1. The maximum atomic E-state index is 12.4. The number of amides is 2. The van der Waals surface area contributed by atoms with Crippen molar-refractivity contribution in [2.45, 2.75) is 46.5 Å². The molecule has 1 heterocycles. The van der Waals surface area contributed by atoms with Crippen molar-refractivity contribution in [2.75, 3.05) is 39.3 Å². The molecule has 1 saturated heterocycles. The second-order valence-electron chi connectivity index (χ2n) is 7.88. The molecular weight excluding hydrogens is 338 g/mol. The summed E-state index contributed by atoms with van der Waals surface area (Å²) < 4.78 is 0. The molecule has 1 aliphatic heterocycles. The van der Waals surface area contributed by atoms with Crippen molar-refractivity contribution < 1.29 is 9.59 Å². The molecule has 0 spiro atoms. The van der Waals surface area contributed by atoms with Crippen LogP contribution in [0.3, 0.4) is 0 Å². The molecule has 0 radical (unpaired) electrons. The number of piperazine rings is 1. The summed E-state index contributed by atoms with van der Waals surface area (Å²) in [6.07, 6.45) is 0.846. The smallest absolute Gasteiger partial charge is 0.224 e. The van der Waals surface area contributed by atoms with Crippen LogP contribution in [0.4, 0.5) is 0 Å². The van der Waals surface area contributed by atoms with Gasteiger partial charge in [-0.15, -0.1) is 0 Å². The van der Waals surface area contributed by atoms with Gasteiger partial charge in [0.1, 0.15) is 0 Å². The van der Waals surface area contributed by atoms with Crippen molar-refractivity contribution in [1.29, 1.82) is 0 Å². The highest BCUT2D eigenvalue weighted by molar-refractivity contribution is 5.79. The van der Waals surface area contributed by atoms with Gasteiger partial charge in [-0.05, 0) is 30.9 Å². The SMILES string of the molecule is CCN1CCN(C(=O)CCNC(=O)CC(c2ccc(C)cc2)C(C)C)CC1. The zero-order valence-corrected chi connectivity index (χ0v) is 17.3. The Morgan fingerprint density at radius 2 is 1.70 bits per heavy atom. The number of rotatable bonds is 8. The Kier molecular flexibility index (Phi) is 8.29. The minimum absolute atomic E-state index is 0.0258. The normalized spacial score (nSPS) is 16.4. The third kappa shape index (κ3) is 6.65. The Morgan fingerprint density at radius 1 is 1.07 bits per heavy atom. The number of nitrogens with one attached hydrogen (secondary N) is 1. The van der Waals surface area contributed by atoms with Crippen molar-refractivity contribution >= 4 is 11.8 Å². The maximum Gasteiger partial charge on any atom is 0.224 e. The van der Waals surface area contributed by atoms with E-state index < -0.39 is 0 Å². The average molecular weight is 374 g/mol. The predicted molar refractivity (Wildman–Crippen MR) is 110 cm³/mol. The molecule has 1 N–H and O–H groups in total. The maximum absolute atomic E-state index is 12.4. The Hall–Kier alpha value is -1.88. The lowest BCUT2D eigenvalue weighted by molar-refractivity contribution is -0.132. The van der Waals surface area contributed by atoms with Crippen molar-refractivity contribution in [1.82, 2.24) is 15.1 Å². The summed E-state index contributed by atoms with van der Waals surface area (Å²) in [5.41, 5.74) is 2.43. The summed E-state index contributed by atoms with van der Waals surface area (Å²) in [7, 11) is 0. The fourth-order valence-electron chi connectivity index (χ4n) is 3.60. The molecular formula is C22H35N3O2. The summed E-state index contributed by atoms with van der Waals surface area (Å²) in [6.45, 7) is 13.5. The molecule has 2 amide bonds. The Bertz CT molecular complexity index is 604.